The van der Waals surface area contributed by atoms with Crippen molar-refractivity contribution in [2.75, 3.05) is 6.79 Å². The second-order valence-corrected chi connectivity index (χ2v) is 6.06. The Morgan fingerprint density at radius 1 is 1.45 bits per heavy atom. The maximum absolute atomic E-state index is 11.1. The number of aliphatic carboxylic acids is 1. The molecular weight excluding hydrogens is 304 g/mol. The molecule has 7 heteroatoms. The Morgan fingerprint density at radius 2 is 2.27 bits per heavy atom. The van der Waals surface area contributed by atoms with E-state index in [9.17, 15) is 4.79 Å². The molecule has 0 saturated carbocycles. The molecule has 0 saturated heterocycles. The van der Waals surface area contributed by atoms with Crippen LogP contribution in [0.25, 0.3) is 0 Å². The molecule has 116 valence electrons. The fourth-order valence-corrected chi connectivity index (χ4v) is 2.91. The number of carbonyl (C=O) groups is 1. The van der Waals surface area contributed by atoms with Crippen LogP contribution in [0.5, 0.6) is 11.5 Å². The van der Waals surface area contributed by atoms with Crippen LogP contribution in [0, 0.1) is 6.92 Å². The molecule has 1 atom stereocenters. The Labute approximate surface area is 131 Å². The highest BCUT2D eigenvalue weighted by atomic mass is 32.1. The van der Waals surface area contributed by atoms with Crippen LogP contribution in [0.2, 0.25) is 0 Å². The molecule has 0 bridgehead atoms. The summed E-state index contributed by atoms with van der Waals surface area (Å²) in [6, 6.07) is 5.21. The molecule has 0 fully saturated rings. The summed E-state index contributed by atoms with van der Waals surface area (Å²) in [5, 5.41) is 12.4. The van der Waals surface area contributed by atoms with Gasteiger partial charge in [-0.25, -0.2) is 4.37 Å². The first-order chi connectivity index (χ1) is 10.6. The second kappa shape index (κ2) is 6.33. The predicted molar refractivity (Wildman–Crippen MR) is 81.2 cm³/mol. The maximum Gasteiger partial charge on any atom is 0.305 e. The summed E-state index contributed by atoms with van der Waals surface area (Å²) in [6.45, 7) is 2.78. The van der Waals surface area contributed by atoms with Crippen molar-refractivity contribution >= 4 is 17.5 Å². The minimum atomic E-state index is -0.852. The molecule has 0 spiro atoms. The van der Waals surface area contributed by atoms with E-state index in [-0.39, 0.29) is 19.3 Å². The number of nitrogens with zero attached hydrogens (tertiary/aromatic N) is 1. The number of carboxylic acids is 1. The van der Waals surface area contributed by atoms with Crippen LogP contribution in [0.1, 0.15) is 28.5 Å². The SMILES string of the molecule is Cc1sncc1CN[C@@H](CC(=O)O)c1ccc2c(c1)OCO2. The van der Waals surface area contributed by atoms with Crippen LogP contribution in [-0.2, 0) is 11.3 Å². The number of aromatic nitrogens is 1. The van der Waals surface area contributed by atoms with Crippen LogP contribution in [0.4, 0.5) is 0 Å². The van der Waals surface area contributed by atoms with E-state index in [0.717, 1.165) is 16.0 Å². The van der Waals surface area contributed by atoms with Gasteiger partial charge in [0, 0.05) is 23.7 Å². The summed E-state index contributed by atoms with van der Waals surface area (Å²) in [5.41, 5.74) is 1.95. The number of aryl methyl sites for hydroxylation is 1. The number of carboxylic acid groups (broad SMARTS) is 1. The maximum atomic E-state index is 11.1. The first-order valence-electron chi connectivity index (χ1n) is 6.88. The van der Waals surface area contributed by atoms with Crippen LogP contribution in [0.3, 0.4) is 0 Å². The summed E-state index contributed by atoms with van der Waals surface area (Å²) in [4.78, 5) is 12.3. The third kappa shape index (κ3) is 3.20. The summed E-state index contributed by atoms with van der Waals surface area (Å²) < 4.78 is 14.8. The van der Waals surface area contributed by atoms with E-state index in [1.165, 1.54) is 11.5 Å². The summed E-state index contributed by atoms with van der Waals surface area (Å²) in [5.74, 6) is 0.495. The third-order valence-electron chi connectivity index (χ3n) is 3.57. The molecule has 6 nitrogen and oxygen atoms in total. The summed E-state index contributed by atoms with van der Waals surface area (Å²) in [6.07, 6.45) is 1.81. The van der Waals surface area contributed by atoms with Gasteiger partial charge >= 0.3 is 5.97 Å². The third-order valence-corrected chi connectivity index (χ3v) is 4.31. The average molecular weight is 320 g/mol. The molecule has 1 aromatic heterocycles. The van der Waals surface area contributed by atoms with Crippen LogP contribution < -0.4 is 14.8 Å². The molecule has 0 unspecified atom stereocenters. The van der Waals surface area contributed by atoms with E-state index in [2.05, 4.69) is 9.69 Å². The first-order valence-corrected chi connectivity index (χ1v) is 7.65. The lowest BCUT2D eigenvalue weighted by atomic mass is 10.0. The van der Waals surface area contributed by atoms with Crippen molar-refractivity contribution in [3.05, 3.63) is 40.4 Å². The van der Waals surface area contributed by atoms with Gasteiger partial charge in [0.05, 0.1) is 6.42 Å². The van der Waals surface area contributed by atoms with E-state index in [0.29, 0.717) is 18.0 Å². The normalized spacial score (nSPS) is 14.0. The van der Waals surface area contributed by atoms with Crippen molar-refractivity contribution in [1.29, 1.82) is 0 Å². The second-order valence-electron chi connectivity index (χ2n) is 5.05. The van der Waals surface area contributed by atoms with Gasteiger partial charge in [0.2, 0.25) is 6.79 Å². The smallest absolute Gasteiger partial charge is 0.305 e. The number of nitrogens with one attached hydrogen (secondary N) is 1. The van der Waals surface area contributed by atoms with Gasteiger partial charge in [-0.2, -0.15) is 0 Å². The molecule has 0 amide bonds. The van der Waals surface area contributed by atoms with E-state index in [4.69, 9.17) is 14.6 Å². The molecule has 1 aromatic carbocycles. The van der Waals surface area contributed by atoms with Gasteiger partial charge in [-0.1, -0.05) is 6.07 Å². The number of fused-ring (bicyclic) bond motifs is 1. The molecule has 1 aliphatic rings. The molecule has 1 aliphatic heterocycles. The molecule has 22 heavy (non-hydrogen) atoms. The van der Waals surface area contributed by atoms with Crippen molar-refractivity contribution in [2.24, 2.45) is 0 Å². The molecular formula is C15H16N2O4S. The minimum absolute atomic E-state index is 0.00371. The lowest BCUT2D eigenvalue weighted by Gasteiger charge is -2.17. The Hall–Kier alpha value is -2.12. The fourth-order valence-electron chi connectivity index (χ4n) is 2.33. The van der Waals surface area contributed by atoms with Crippen molar-refractivity contribution in [3.8, 4) is 11.5 Å². The lowest BCUT2D eigenvalue weighted by molar-refractivity contribution is -0.137. The van der Waals surface area contributed by atoms with Gasteiger partial charge in [0.1, 0.15) is 0 Å². The summed E-state index contributed by atoms with van der Waals surface area (Å²) in [7, 11) is 0. The quantitative estimate of drug-likeness (QED) is 0.851. The number of rotatable bonds is 6. The van der Waals surface area contributed by atoms with Crippen molar-refractivity contribution < 1.29 is 19.4 Å². The van der Waals surface area contributed by atoms with E-state index in [1.807, 2.05) is 31.3 Å². The van der Waals surface area contributed by atoms with Gasteiger partial charge < -0.3 is 19.9 Å². The van der Waals surface area contributed by atoms with E-state index >= 15 is 0 Å². The molecule has 0 aliphatic carbocycles. The average Bonchev–Trinajstić information content (AvgIpc) is 3.11. The first kappa shape index (κ1) is 14.8. The van der Waals surface area contributed by atoms with Gasteiger partial charge in [0.25, 0.3) is 0 Å². The standard InChI is InChI=1S/C15H16N2O4S/c1-9-11(7-17-22-9)6-16-12(5-15(18)19)10-2-3-13-14(4-10)21-8-20-13/h2-4,7,12,16H,5-6,8H2,1H3,(H,18,19)/t12-/m0/s1. The molecule has 2 heterocycles. The predicted octanol–water partition coefficient (Wildman–Crippen LogP) is 2.49. The van der Waals surface area contributed by atoms with Crippen LogP contribution in [-0.4, -0.2) is 22.2 Å². The van der Waals surface area contributed by atoms with Crippen LogP contribution in [0.15, 0.2) is 24.4 Å². The van der Waals surface area contributed by atoms with Gasteiger partial charge in [0.15, 0.2) is 11.5 Å². The van der Waals surface area contributed by atoms with Crippen molar-refractivity contribution in [3.63, 3.8) is 0 Å². The highest BCUT2D eigenvalue weighted by Gasteiger charge is 2.20. The zero-order valence-corrected chi connectivity index (χ0v) is 12.9. The monoisotopic (exact) mass is 320 g/mol. The Bertz CT molecular complexity index is 686. The van der Waals surface area contributed by atoms with Crippen molar-refractivity contribution in [1.82, 2.24) is 9.69 Å². The number of hydrogen-bond acceptors (Lipinski definition) is 6. The van der Waals surface area contributed by atoms with E-state index in [1.54, 1.807) is 0 Å². The Balaban J connectivity index is 1.77. The Kier molecular flexibility index (Phi) is 4.26. The van der Waals surface area contributed by atoms with Crippen LogP contribution >= 0.6 is 11.5 Å². The fraction of sp³-hybridized carbons (Fsp3) is 0.333. The largest absolute Gasteiger partial charge is 0.481 e. The molecule has 3 rings (SSSR count). The number of ether oxygens (including phenoxy) is 2. The molecule has 0 radical (unpaired) electrons. The minimum Gasteiger partial charge on any atom is -0.481 e. The molecule has 2 N–H and O–H groups in total. The van der Waals surface area contributed by atoms with Crippen molar-refractivity contribution in [2.45, 2.75) is 25.9 Å². The number of benzene rings is 1. The summed E-state index contributed by atoms with van der Waals surface area (Å²) >= 11 is 1.44. The zero-order valence-electron chi connectivity index (χ0n) is 12.0. The lowest BCUT2D eigenvalue weighted by Crippen LogP contribution is -2.23. The van der Waals surface area contributed by atoms with E-state index < -0.39 is 5.97 Å². The number of hydrogen-bond donors (Lipinski definition) is 2. The Morgan fingerprint density at radius 3 is 3.00 bits per heavy atom. The highest BCUT2D eigenvalue weighted by Crippen LogP contribution is 2.35. The van der Waals surface area contributed by atoms with Gasteiger partial charge in [-0.3, -0.25) is 4.79 Å². The van der Waals surface area contributed by atoms with Gasteiger partial charge in [-0.15, -0.1) is 0 Å². The zero-order chi connectivity index (χ0) is 15.5. The van der Waals surface area contributed by atoms with Gasteiger partial charge in [-0.05, 0) is 41.7 Å². The molecule has 2 aromatic rings. The topological polar surface area (TPSA) is 80.7 Å². The highest BCUT2D eigenvalue weighted by molar-refractivity contribution is 7.05.